The first-order valence-corrected chi connectivity index (χ1v) is 48.7. The number of hydrogen-bond acceptors (Lipinski definition) is 25. The molecule has 128 heavy (non-hydrogen) atoms. The maximum Gasteiger partial charge on any atom is 0.312 e. The first-order valence-electron chi connectivity index (χ1n) is 46.2. The van der Waals surface area contributed by atoms with Gasteiger partial charge in [-0.3, -0.25) is 48.1 Å². The zero-order valence-electron chi connectivity index (χ0n) is 75.9. The van der Waals surface area contributed by atoms with Crippen molar-refractivity contribution in [2.75, 3.05) is 63.7 Å². The first-order chi connectivity index (χ1) is 61.1. The van der Waals surface area contributed by atoms with Gasteiger partial charge in [-0.15, -0.1) is 35.8 Å². The van der Waals surface area contributed by atoms with Crippen LogP contribution in [0.15, 0.2) is 72.5 Å². The average molecular weight is 1840 g/mol. The number of anilines is 2. The molecule has 30 heteroatoms. The van der Waals surface area contributed by atoms with Crippen LogP contribution >= 0.6 is 45.9 Å². The van der Waals surface area contributed by atoms with Crippen molar-refractivity contribution in [2.24, 2.45) is 69.0 Å². The molecule has 2 aromatic carbocycles. The van der Waals surface area contributed by atoms with E-state index >= 15 is 0 Å². The largest absolute Gasteiger partial charge is 0.491 e. The molecule has 7 saturated carbocycles. The maximum atomic E-state index is 14.9. The summed E-state index contributed by atoms with van der Waals surface area (Å²) < 4.78 is 42.4. The number of ketones is 2. The van der Waals surface area contributed by atoms with Crippen LogP contribution in [-0.4, -0.2) is 195 Å². The van der Waals surface area contributed by atoms with E-state index in [1.807, 2.05) is 98.2 Å². The summed E-state index contributed by atoms with van der Waals surface area (Å²) >= 11 is 16.9. The van der Waals surface area contributed by atoms with Crippen LogP contribution in [0.5, 0.6) is 23.0 Å². The third kappa shape index (κ3) is 22.5. The number of thiazole rings is 2. The van der Waals surface area contributed by atoms with Crippen LogP contribution in [0.3, 0.4) is 0 Å². The number of nitrogens with one attached hydrogen (secondary N) is 2. The molecule has 0 spiro atoms. The number of hydrogen-bond donors (Lipinski definition) is 3. The zero-order valence-corrected chi connectivity index (χ0v) is 79.0. The molecule has 0 bridgehead atoms. The van der Waals surface area contributed by atoms with Gasteiger partial charge in [0.1, 0.15) is 82.1 Å². The van der Waals surface area contributed by atoms with Crippen molar-refractivity contribution in [3.8, 4) is 45.8 Å². The summed E-state index contributed by atoms with van der Waals surface area (Å²) in [5.74, 6) is -1.82. The number of esters is 3. The van der Waals surface area contributed by atoms with Gasteiger partial charge in [-0.05, 0) is 176 Å². The molecule has 692 valence electrons. The molecule has 10 fully saturated rings. The minimum absolute atomic E-state index is 0.0333. The number of carbonyl (C=O) groups excluding carboxylic acids is 8. The van der Waals surface area contributed by atoms with Gasteiger partial charge in [-0.1, -0.05) is 122 Å². The van der Waals surface area contributed by atoms with Crippen LogP contribution in [0.2, 0.25) is 10.0 Å². The SMILES string of the molecule is C1CCCCC1.C=C[C@@H]1CC1(CC(=O)[C@@H]1C[C@@H](Oc2cc(-c3csc(NC(C)C)n3)nc3c(Cl)c(OCC=O)ccc23)CN1C(=O)[C@@H](CC(=O)OC1C[C@@H]2C[C@@H]2C1)C(C)(C)C)C(=O)OC.C=C[C@@H]1CC1(CC(=O)[C@@H]1C[C@@H](Oc2cc(-c3csc(NC(C)C)n3)nc3c(Cl)c(OCCN4CCCCC4)ccc23)CN1C(=O)[C@@H](CC(=O)OC1C[C@@H]2C[C@@H]2C1)C(C)(C)C)C(=O)O. The molecule has 6 aromatic rings. The number of likely N-dealkylation sites (tertiary alicyclic amines) is 3. The molecule has 3 aliphatic heterocycles. The fraction of sp³-hybridized carbons (Fsp3) is 0.622. The number of aldehydes is 1. The number of pyridine rings is 2. The molecule has 2 amide bonds. The summed E-state index contributed by atoms with van der Waals surface area (Å²) in [4.78, 5) is 147. The fourth-order valence-electron chi connectivity index (χ4n) is 20.0. The highest BCUT2D eigenvalue weighted by molar-refractivity contribution is 7.14. The average Bonchev–Trinajstić information content (AvgIpc) is 1.55. The fourth-order valence-corrected chi connectivity index (χ4v) is 22.2. The van der Waals surface area contributed by atoms with Crippen LogP contribution in [0.25, 0.3) is 44.6 Å². The molecule has 16 atom stereocenters. The molecule has 4 aromatic heterocycles. The predicted octanol–water partition coefficient (Wildman–Crippen LogP) is 18.5. The van der Waals surface area contributed by atoms with E-state index in [9.17, 15) is 48.3 Å². The van der Waals surface area contributed by atoms with Crippen LogP contribution in [0, 0.1) is 69.0 Å². The van der Waals surface area contributed by atoms with Gasteiger partial charge in [0.2, 0.25) is 11.8 Å². The van der Waals surface area contributed by atoms with E-state index in [1.165, 1.54) is 110 Å². The number of carboxylic acid groups (broad SMARTS) is 1. The Kier molecular flexibility index (Phi) is 30.1. The molecule has 3 N–H and O–H groups in total. The number of fused-ring (bicyclic) bond motifs is 4. The molecule has 3 saturated heterocycles. The van der Waals surface area contributed by atoms with Crippen molar-refractivity contribution in [3.05, 3.63) is 82.5 Å². The lowest BCUT2D eigenvalue weighted by atomic mass is 9.77. The number of piperidine rings is 1. The molecule has 7 heterocycles. The third-order valence-electron chi connectivity index (χ3n) is 27.7. The van der Waals surface area contributed by atoms with E-state index in [0.717, 1.165) is 50.4 Å². The van der Waals surface area contributed by atoms with Crippen LogP contribution in [0.1, 0.15) is 217 Å². The van der Waals surface area contributed by atoms with Crippen molar-refractivity contribution in [3.63, 3.8) is 0 Å². The van der Waals surface area contributed by atoms with Gasteiger partial charge in [-0.25, -0.2) is 19.9 Å². The van der Waals surface area contributed by atoms with Gasteiger partial charge in [0, 0.05) is 78.0 Å². The molecule has 16 rings (SSSR count). The van der Waals surface area contributed by atoms with Crippen molar-refractivity contribution >= 4 is 131 Å². The van der Waals surface area contributed by atoms with E-state index in [2.05, 4.69) is 28.7 Å². The van der Waals surface area contributed by atoms with Crippen LogP contribution < -0.4 is 29.6 Å². The second kappa shape index (κ2) is 40.5. The van der Waals surface area contributed by atoms with E-state index < -0.39 is 81.7 Å². The van der Waals surface area contributed by atoms with Crippen molar-refractivity contribution < 1.29 is 81.4 Å². The Labute approximate surface area is 769 Å². The topological polar surface area (TPSA) is 324 Å². The number of allylic oxidation sites excluding steroid dienone is 2. The Bertz CT molecular complexity index is 5080. The van der Waals surface area contributed by atoms with Crippen molar-refractivity contribution in [1.29, 1.82) is 0 Å². The van der Waals surface area contributed by atoms with E-state index in [4.69, 9.17) is 76.3 Å². The summed E-state index contributed by atoms with van der Waals surface area (Å²) in [5.41, 5.74) is -0.656. The molecular weight excluding hydrogens is 1710 g/mol. The standard InChI is InChI=1S/C48H62ClN5O8S.C44H53ClN4O9S.C6H12/c1-7-30-23-48(30,45(58)59)24-38(55)37-20-32(25-54(37)44(57)34(47(4,5)6)21-41(56)62-31-18-28-17-29(28)19-31)61-40-22-35(36-26-63-46(52-36)50-27(2)3)51-43-33(40)11-12-39(42(43)49)60-16-15-53-13-9-8-10-14-53;1-8-26-19-44(26,41(54)55-7)20-34(51)33-16-28(21-49(33)40(53)30(43(4,5)6)17-37(52)58-27-14-24-13-25(24)15-27)57-36-18-31(32-22-59-42(48-32)46-23(2)3)47-39-29(36)9-10-35(38(39)45)56-12-11-50;1-2-4-6-5-3-1/h7,11-12,22,26-32,34,37H,1,8-10,13-21,23-25H2,2-6H3,(H,50,52)(H,58,59);8-11,18,22-28,30,33H,1,12-17,19-21H2,2-7H3,(H,46,48);1-6H2/t28-,29+,30-,31?,32-,34-,37+,48?;24-,25+,26-,27?,28-,30-,33+,44?;/m11./s1. The Morgan fingerprint density at radius 1 is 0.555 bits per heavy atom. The molecular formula is C98H127Cl2N9O17S2. The van der Waals surface area contributed by atoms with Gasteiger partial charge in [0.25, 0.3) is 0 Å². The summed E-state index contributed by atoms with van der Waals surface area (Å²) in [6, 6.07) is 9.01. The zero-order chi connectivity index (χ0) is 91.4. The van der Waals surface area contributed by atoms with Crippen molar-refractivity contribution in [1.82, 2.24) is 34.6 Å². The molecule has 7 aliphatic carbocycles. The molecule has 10 aliphatic rings. The van der Waals surface area contributed by atoms with Gasteiger partial charge >= 0.3 is 23.9 Å². The van der Waals surface area contributed by atoms with E-state index in [0.29, 0.717) is 121 Å². The number of ether oxygens (including phenoxy) is 7. The Morgan fingerprint density at radius 3 is 1.36 bits per heavy atom. The molecule has 26 nitrogen and oxygen atoms in total. The number of carboxylic acids is 1. The van der Waals surface area contributed by atoms with Crippen molar-refractivity contribution in [2.45, 2.75) is 265 Å². The number of carbonyl (C=O) groups is 9. The summed E-state index contributed by atoms with van der Waals surface area (Å²) in [5, 5.41) is 23.8. The third-order valence-corrected chi connectivity index (χ3v) is 29.9. The number of Topliss-reactive ketones (excluding diaryl/α,β-unsaturated/α-hetero) is 2. The first kappa shape index (κ1) is 95.3. The van der Waals surface area contributed by atoms with E-state index in [-0.39, 0.29) is 129 Å². The Balaban J connectivity index is 0.000000194. The van der Waals surface area contributed by atoms with Gasteiger partial charge in [0.05, 0.1) is 90.2 Å². The van der Waals surface area contributed by atoms with Crippen LogP contribution in [-0.2, 0) is 57.4 Å². The van der Waals surface area contributed by atoms with Gasteiger partial charge in [0.15, 0.2) is 28.1 Å². The highest BCUT2D eigenvalue weighted by Gasteiger charge is 2.63. The Morgan fingerprint density at radius 2 is 0.969 bits per heavy atom. The second-order valence-electron chi connectivity index (χ2n) is 40.0. The lowest BCUT2D eigenvalue weighted by molar-refractivity contribution is -0.157. The number of rotatable bonds is 35. The summed E-state index contributed by atoms with van der Waals surface area (Å²) in [7, 11) is 1.30. The maximum absolute atomic E-state index is 14.9. The number of aliphatic carboxylic acids is 1. The highest BCUT2D eigenvalue weighted by Crippen LogP contribution is 2.59. The monoisotopic (exact) mass is 1840 g/mol. The highest BCUT2D eigenvalue weighted by atomic mass is 35.5. The van der Waals surface area contributed by atoms with Crippen LogP contribution in [0.4, 0.5) is 10.3 Å². The second-order valence-corrected chi connectivity index (χ2v) is 42.4. The number of aromatic nitrogens is 4. The summed E-state index contributed by atoms with van der Waals surface area (Å²) in [6.45, 7) is 30.5. The smallest absolute Gasteiger partial charge is 0.312 e. The molecule has 0 radical (unpaired) electrons. The lowest BCUT2D eigenvalue weighted by Crippen LogP contribution is -2.48. The minimum atomic E-state index is -1.26. The summed E-state index contributed by atoms with van der Waals surface area (Å²) in [6.07, 6.45) is 21.1. The Hall–Kier alpha value is -8.83. The number of halogens is 2. The van der Waals surface area contributed by atoms with Gasteiger partial charge in [-0.2, -0.15) is 0 Å². The van der Waals surface area contributed by atoms with E-state index in [1.54, 1.807) is 30.4 Å². The van der Waals surface area contributed by atoms with Gasteiger partial charge < -0.3 is 58.7 Å². The number of nitrogens with zero attached hydrogens (tertiary/aromatic N) is 7. The number of benzene rings is 2. The number of methoxy groups -OCH3 is 1. The minimum Gasteiger partial charge on any atom is -0.491 e. The lowest BCUT2D eigenvalue weighted by Gasteiger charge is -2.35. The normalized spacial score (nSPS) is 26.6. The quantitative estimate of drug-likeness (QED) is 0.0144. The predicted molar refractivity (Wildman–Crippen MR) is 494 cm³/mol. The number of amides is 2. The molecule has 4 unspecified atom stereocenters.